The highest BCUT2D eigenvalue weighted by Gasteiger charge is 2.21. The van der Waals surface area contributed by atoms with Crippen LogP contribution in [-0.4, -0.2) is 21.0 Å². The second-order valence-corrected chi connectivity index (χ2v) is 4.94. The summed E-state index contributed by atoms with van der Waals surface area (Å²) in [6, 6.07) is 15.7. The molecule has 0 aliphatic carbocycles. The maximum absolute atomic E-state index is 12.8. The number of hydrogen-bond acceptors (Lipinski definition) is 4. The van der Waals surface area contributed by atoms with Gasteiger partial charge in [-0.1, -0.05) is 18.2 Å². The van der Waals surface area contributed by atoms with E-state index >= 15 is 0 Å². The fraction of sp³-hybridized carbons (Fsp3) is 0.0556. The fourth-order valence-electron chi connectivity index (χ4n) is 2.26. The Labute approximate surface area is 133 Å². The highest BCUT2D eigenvalue weighted by Crippen LogP contribution is 2.28. The highest BCUT2D eigenvalue weighted by atomic mass is 16.3. The first-order chi connectivity index (χ1) is 11.3. The van der Waals surface area contributed by atoms with Crippen LogP contribution in [0.4, 0.5) is 5.69 Å². The summed E-state index contributed by atoms with van der Waals surface area (Å²) in [5, 5.41) is 10.1. The number of benzene rings is 1. The molecule has 0 bridgehead atoms. The minimum atomic E-state index is -0.245. The summed E-state index contributed by atoms with van der Waals surface area (Å²) in [6.07, 6.45) is 4.79. The summed E-state index contributed by atoms with van der Waals surface area (Å²) in [7, 11) is 0. The lowest BCUT2D eigenvalue weighted by atomic mass is 10.2. The minimum absolute atomic E-state index is 0.0423. The van der Waals surface area contributed by atoms with Crippen molar-refractivity contribution in [2.75, 3.05) is 4.90 Å². The second-order valence-electron chi connectivity index (χ2n) is 4.94. The zero-order valence-electron chi connectivity index (χ0n) is 12.3. The van der Waals surface area contributed by atoms with Gasteiger partial charge in [-0.05, 0) is 36.4 Å². The molecule has 114 valence electrons. The van der Waals surface area contributed by atoms with Gasteiger partial charge in [0.1, 0.15) is 5.75 Å². The first kappa shape index (κ1) is 14.7. The average molecular weight is 305 g/mol. The number of carbonyl (C=O) groups excluding carboxylic acids is 1. The number of aromatic hydroxyl groups is 1. The number of nitrogens with zero attached hydrogens (tertiary/aromatic N) is 3. The monoisotopic (exact) mass is 305 g/mol. The van der Waals surface area contributed by atoms with Crippen molar-refractivity contribution in [1.29, 1.82) is 0 Å². The summed E-state index contributed by atoms with van der Waals surface area (Å²) >= 11 is 0. The summed E-state index contributed by atoms with van der Waals surface area (Å²) in [5.74, 6) is -0.203. The molecule has 1 aromatic carbocycles. The summed E-state index contributed by atoms with van der Waals surface area (Å²) in [5.41, 5.74) is 1.62. The number of rotatable bonds is 4. The molecule has 23 heavy (non-hydrogen) atoms. The Morgan fingerprint density at radius 3 is 2.52 bits per heavy atom. The van der Waals surface area contributed by atoms with Crippen LogP contribution in [0.15, 0.2) is 73.2 Å². The molecule has 5 heteroatoms. The lowest BCUT2D eigenvalue weighted by molar-refractivity contribution is 0.0983. The van der Waals surface area contributed by atoms with Crippen molar-refractivity contribution >= 4 is 11.6 Å². The van der Waals surface area contributed by atoms with E-state index in [0.29, 0.717) is 11.3 Å². The zero-order valence-corrected chi connectivity index (χ0v) is 12.3. The predicted molar refractivity (Wildman–Crippen MR) is 87.1 cm³/mol. The van der Waals surface area contributed by atoms with Gasteiger partial charge < -0.3 is 5.11 Å². The molecule has 1 amide bonds. The van der Waals surface area contributed by atoms with E-state index in [1.54, 1.807) is 48.8 Å². The lowest BCUT2D eigenvalue weighted by Crippen LogP contribution is -2.30. The van der Waals surface area contributed by atoms with E-state index in [1.807, 2.05) is 18.2 Å². The Hall–Kier alpha value is -3.21. The van der Waals surface area contributed by atoms with E-state index in [2.05, 4.69) is 9.97 Å². The molecule has 2 heterocycles. The zero-order chi connectivity index (χ0) is 16.1. The number of para-hydroxylation sites is 2. The molecule has 0 saturated heterocycles. The highest BCUT2D eigenvalue weighted by molar-refractivity contribution is 6.06. The molecule has 3 aromatic rings. The SMILES string of the molecule is O=C(c1cccnc1)N(Cc1ccccn1)c1ccccc1O. The molecular weight excluding hydrogens is 290 g/mol. The van der Waals surface area contributed by atoms with Crippen LogP contribution in [-0.2, 0) is 6.54 Å². The Balaban J connectivity index is 2.00. The van der Waals surface area contributed by atoms with E-state index in [0.717, 1.165) is 5.69 Å². The van der Waals surface area contributed by atoms with Gasteiger partial charge >= 0.3 is 0 Å². The van der Waals surface area contributed by atoms with Crippen molar-refractivity contribution < 1.29 is 9.90 Å². The third kappa shape index (κ3) is 3.35. The Morgan fingerprint density at radius 1 is 1.00 bits per heavy atom. The number of pyridine rings is 2. The predicted octanol–water partition coefficient (Wildman–Crippen LogP) is 3.03. The largest absolute Gasteiger partial charge is 0.506 e. The number of amides is 1. The van der Waals surface area contributed by atoms with Gasteiger partial charge in [-0.2, -0.15) is 0 Å². The van der Waals surface area contributed by atoms with Gasteiger partial charge in [0.25, 0.3) is 5.91 Å². The molecule has 0 aliphatic heterocycles. The minimum Gasteiger partial charge on any atom is -0.506 e. The number of phenolic OH excluding ortho intramolecular Hbond substituents is 1. The van der Waals surface area contributed by atoms with E-state index in [1.165, 1.54) is 11.1 Å². The van der Waals surface area contributed by atoms with Gasteiger partial charge in [0.05, 0.1) is 23.5 Å². The first-order valence-corrected chi connectivity index (χ1v) is 7.15. The Morgan fingerprint density at radius 2 is 1.83 bits per heavy atom. The molecule has 5 nitrogen and oxygen atoms in total. The van der Waals surface area contributed by atoms with E-state index in [-0.39, 0.29) is 18.2 Å². The van der Waals surface area contributed by atoms with Crippen molar-refractivity contribution in [3.8, 4) is 5.75 Å². The fourth-order valence-corrected chi connectivity index (χ4v) is 2.26. The van der Waals surface area contributed by atoms with Crippen LogP contribution in [0.2, 0.25) is 0 Å². The number of carbonyl (C=O) groups is 1. The van der Waals surface area contributed by atoms with Crippen LogP contribution in [0.1, 0.15) is 16.1 Å². The van der Waals surface area contributed by atoms with Crippen molar-refractivity contribution in [3.05, 3.63) is 84.4 Å². The van der Waals surface area contributed by atoms with Crippen LogP contribution >= 0.6 is 0 Å². The van der Waals surface area contributed by atoms with Crippen LogP contribution in [0.3, 0.4) is 0 Å². The van der Waals surface area contributed by atoms with Gasteiger partial charge in [0, 0.05) is 18.6 Å². The molecule has 0 saturated carbocycles. The second kappa shape index (κ2) is 6.70. The quantitative estimate of drug-likeness (QED) is 0.804. The first-order valence-electron chi connectivity index (χ1n) is 7.15. The molecule has 0 radical (unpaired) electrons. The Kier molecular flexibility index (Phi) is 4.29. The number of hydrogen-bond donors (Lipinski definition) is 1. The molecule has 0 atom stereocenters. The van der Waals surface area contributed by atoms with E-state index < -0.39 is 0 Å². The summed E-state index contributed by atoms with van der Waals surface area (Å²) in [4.78, 5) is 22.6. The molecule has 0 spiro atoms. The van der Waals surface area contributed by atoms with Crippen molar-refractivity contribution in [3.63, 3.8) is 0 Å². The van der Waals surface area contributed by atoms with Gasteiger partial charge in [0.15, 0.2) is 0 Å². The van der Waals surface area contributed by atoms with Crippen LogP contribution < -0.4 is 4.90 Å². The van der Waals surface area contributed by atoms with E-state index in [4.69, 9.17) is 0 Å². The standard InChI is InChI=1S/C18H15N3O2/c22-17-9-2-1-8-16(17)21(13-15-7-3-4-11-20-15)18(23)14-6-5-10-19-12-14/h1-12,22H,13H2. The molecule has 0 unspecified atom stereocenters. The average Bonchev–Trinajstić information content (AvgIpc) is 2.61. The van der Waals surface area contributed by atoms with Crippen LogP contribution in [0, 0.1) is 0 Å². The molecule has 0 aliphatic rings. The molecule has 0 fully saturated rings. The number of aromatic nitrogens is 2. The normalized spacial score (nSPS) is 10.3. The number of phenols is 1. The smallest absolute Gasteiger partial charge is 0.260 e. The topological polar surface area (TPSA) is 66.3 Å². The number of anilines is 1. The molecular formula is C18H15N3O2. The van der Waals surface area contributed by atoms with Crippen molar-refractivity contribution in [2.24, 2.45) is 0 Å². The summed E-state index contributed by atoms with van der Waals surface area (Å²) < 4.78 is 0. The maximum Gasteiger partial charge on any atom is 0.260 e. The van der Waals surface area contributed by atoms with Gasteiger partial charge in [-0.3, -0.25) is 19.7 Å². The third-order valence-electron chi connectivity index (χ3n) is 3.37. The molecule has 2 aromatic heterocycles. The third-order valence-corrected chi connectivity index (χ3v) is 3.37. The van der Waals surface area contributed by atoms with Gasteiger partial charge in [0.2, 0.25) is 0 Å². The van der Waals surface area contributed by atoms with Crippen LogP contribution in [0.5, 0.6) is 5.75 Å². The molecule has 1 N–H and O–H groups in total. The summed E-state index contributed by atoms with van der Waals surface area (Å²) in [6.45, 7) is 0.256. The molecule has 3 rings (SSSR count). The van der Waals surface area contributed by atoms with Crippen molar-refractivity contribution in [2.45, 2.75) is 6.54 Å². The van der Waals surface area contributed by atoms with E-state index in [9.17, 15) is 9.90 Å². The van der Waals surface area contributed by atoms with Crippen molar-refractivity contribution in [1.82, 2.24) is 9.97 Å². The van der Waals surface area contributed by atoms with Gasteiger partial charge in [-0.25, -0.2) is 0 Å². The lowest BCUT2D eigenvalue weighted by Gasteiger charge is -2.23. The van der Waals surface area contributed by atoms with Gasteiger partial charge in [-0.15, -0.1) is 0 Å². The maximum atomic E-state index is 12.8. The Bertz CT molecular complexity index is 792. The van der Waals surface area contributed by atoms with Crippen LogP contribution in [0.25, 0.3) is 0 Å².